The number of nitrogen functional groups attached to an aromatic ring is 1. The first-order valence-corrected chi connectivity index (χ1v) is 6.49. The van der Waals surface area contributed by atoms with Gasteiger partial charge in [0.2, 0.25) is 0 Å². The van der Waals surface area contributed by atoms with Crippen molar-refractivity contribution in [3.05, 3.63) is 51.5 Å². The van der Waals surface area contributed by atoms with E-state index in [1.165, 1.54) is 18.2 Å². The number of hydrogen-bond donors (Lipinski definition) is 3. The van der Waals surface area contributed by atoms with Crippen LogP contribution in [0.15, 0.2) is 40.9 Å². The maximum atomic E-state index is 12.0. The van der Waals surface area contributed by atoms with Gasteiger partial charge in [-0.25, -0.2) is 0 Å². The number of nitrogens with one attached hydrogen (secondary N) is 1. The highest BCUT2D eigenvalue weighted by Gasteiger charge is 2.10. The molecule has 19 heavy (non-hydrogen) atoms. The van der Waals surface area contributed by atoms with Gasteiger partial charge in [-0.15, -0.1) is 0 Å². The summed E-state index contributed by atoms with van der Waals surface area (Å²) in [7, 11) is 0. The lowest BCUT2D eigenvalue weighted by molar-refractivity contribution is 0.102. The lowest BCUT2D eigenvalue weighted by atomic mass is 10.2. The molecule has 0 fully saturated rings. The number of hydrogen-bond acceptors (Lipinski definition) is 3. The molecule has 4 nitrogen and oxygen atoms in total. The van der Waals surface area contributed by atoms with Crippen LogP contribution in [0.2, 0.25) is 5.02 Å². The molecular weight excluding hydrogens is 332 g/mol. The van der Waals surface area contributed by atoms with Crippen LogP contribution < -0.4 is 11.1 Å². The lowest BCUT2D eigenvalue weighted by Crippen LogP contribution is -2.12. The van der Waals surface area contributed by atoms with Crippen LogP contribution in [0.4, 0.5) is 11.4 Å². The maximum Gasteiger partial charge on any atom is 0.255 e. The molecule has 0 heterocycles. The number of benzene rings is 2. The summed E-state index contributed by atoms with van der Waals surface area (Å²) in [5.74, 6) is -0.422. The van der Waals surface area contributed by atoms with Gasteiger partial charge in [0.05, 0.1) is 5.69 Å². The summed E-state index contributed by atoms with van der Waals surface area (Å²) in [4.78, 5) is 12.0. The van der Waals surface area contributed by atoms with Gasteiger partial charge >= 0.3 is 0 Å². The van der Waals surface area contributed by atoms with Crippen LogP contribution in [0.1, 0.15) is 10.4 Å². The normalized spacial score (nSPS) is 10.2. The van der Waals surface area contributed by atoms with Gasteiger partial charge in [-0.1, -0.05) is 27.5 Å². The Hall–Kier alpha value is -1.72. The Morgan fingerprint density at radius 2 is 2.00 bits per heavy atom. The van der Waals surface area contributed by atoms with Gasteiger partial charge in [-0.2, -0.15) is 0 Å². The van der Waals surface area contributed by atoms with Crippen LogP contribution in [0.5, 0.6) is 5.75 Å². The third-order valence-corrected chi connectivity index (χ3v) is 3.10. The Bertz CT molecular complexity index is 626. The van der Waals surface area contributed by atoms with Crippen molar-refractivity contribution < 1.29 is 9.90 Å². The van der Waals surface area contributed by atoms with E-state index < -0.39 is 5.91 Å². The number of rotatable bonds is 2. The van der Waals surface area contributed by atoms with Crippen LogP contribution in [0.3, 0.4) is 0 Å². The van der Waals surface area contributed by atoms with Gasteiger partial charge in [0.15, 0.2) is 0 Å². The van der Waals surface area contributed by atoms with E-state index in [-0.39, 0.29) is 5.75 Å². The first-order valence-electron chi connectivity index (χ1n) is 5.31. The summed E-state index contributed by atoms with van der Waals surface area (Å²) in [6, 6.07) is 9.31. The summed E-state index contributed by atoms with van der Waals surface area (Å²) in [5, 5.41) is 12.6. The van der Waals surface area contributed by atoms with E-state index in [2.05, 4.69) is 21.2 Å². The first kappa shape index (κ1) is 13.7. The van der Waals surface area contributed by atoms with Crippen LogP contribution in [-0.2, 0) is 0 Å². The Morgan fingerprint density at radius 1 is 1.26 bits per heavy atom. The molecule has 6 heteroatoms. The summed E-state index contributed by atoms with van der Waals surface area (Å²) in [6.45, 7) is 0. The van der Waals surface area contributed by atoms with E-state index >= 15 is 0 Å². The van der Waals surface area contributed by atoms with Crippen molar-refractivity contribution >= 4 is 44.8 Å². The average Bonchev–Trinajstić information content (AvgIpc) is 2.32. The van der Waals surface area contributed by atoms with Crippen LogP contribution >= 0.6 is 27.5 Å². The second-order valence-electron chi connectivity index (χ2n) is 3.89. The number of carbonyl (C=O) groups excluding carboxylic acids is 1. The standard InChI is InChI=1S/C13H10BrClN2O2/c14-8-1-2-12(18)11(5-8)17-13(19)7-3-9(15)6-10(16)4-7/h1-6,18H,16H2,(H,17,19). The van der Waals surface area contributed by atoms with E-state index in [9.17, 15) is 9.90 Å². The molecule has 2 aromatic carbocycles. The van der Waals surface area contributed by atoms with Crippen molar-refractivity contribution in [3.8, 4) is 5.75 Å². The van der Waals surface area contributed by atoms with Crippen molar-refractivity contribution in [2.24, 2.45) is 0 Å². The number of phenols is 1. The van der Waals surface area contributed by atoms with E-state index in [1.807, 2.05) is 0 Å². The molecule has 0 bridgehead atoms. The number of amides is 1. The number of nitrogens with two attached hydrogens (primary N) is 1. The van der Waals surface area contributed by atoms with Gasteiger partial charge in [-0.3, -0.25) is 4.79 Å². The average molecular weight is 342 g/mol. The molecule has 0 unspecified atom stereocenters. The van der Waals surface area contributed by atoms with Crippen molar-refractivity contribution in [2.75, 3.05) is 11.1 Å². The van der Waals surface area contributed by atoms with E-state index in [0.717, 1.165) is 4.47 Å². The molecule has 0 saturated carbocycles. The SMILES string of the molecule is Nc1cc(Cl)cc(C(=O)Nc2cc(Br)ccc2O)c1. The van der Waals surface area contributed by atoms with Crippen molar-refractivity contribution in [3.63, 3.8) is 0 Å². The van der Waals surface area contributed by atoms with Crippen LogP contribution in [0, 0.1) is 0 Å². The summed E-state index contributed by atoms with van der Waals surface area (Å²) >= 11 is 9.10. The number of halogens is 2. The van der Waals surface area contributed by atoms with Crippen LogP contribution in [-0.4, -0.2) is 11.0 Å². The predicted molar refractivity (Wildman–Crippen MR) is 79.6 cm³/mol. The molecular formula is C13H10BrClN2O2. The Balaban J connectivity index is 2.28. The van der Waals surface area contributed by atoms with Crippen molar-refractivity contribution in [1.29, 1.82) is 0 Å². The second kappa shape index (κ2) is 5.50. The molecule has 0 aliphatic heterocycles. The summed E-state index contributed by atoms with van der Waals surface area (Å²) < 4.78 is 0.742. The predicted octanol–water partition coefficient (Wildman–Crippen LogP) is 3.64. The van der Waals surface area contributed by atoms with E-state index in [1.54, 1.807) is 18.2 Å². The zero-order chi connectivity index (χ0) is 14.0. The summed E-state index contributed by atoms with van der Waals surface area (Å²) in [6.07, 6.45) is 0. The number of anilines is 2. The minimum atomic E-state index is -0.400. The van der Waals surface area contributed by atoms with Gasteiger partial charge in [-0.05, 0) is 36.4 Å². The molecule has 2 aromatic rings. The molecule has 1 amide bonds. The highest BCUT2D eigenvalue weighted by molar-refractivity contribution is 9.10. The molecule has 0 atom stereocenters. The molecule has 0 radical (unpaired) electrons. The zero-order valence-corrected chi connectivity index (χ0v) is 12.0. The minimum absolute atomic E-state index is 0.0217. The first-order chi connectivity index (χ1) is 8.95. The number of carbonyl (C=O) groups is 1. The van der Waals surface area contributed by atoms with Crippen molar-refractivity contribution in [1.82, 2.24) is 0 Å². The molecule has 0 aliphatic carbocycles. The smallest absolute Gasteiger partial charge is 0.255 e. The topological polar surface area (TPSA) is 75.4 Å². The Labute approximate surface area is 123 Å². The van der Waals surface area contributed by atoms with Gasteiger partial charge < -0.3 is 16.2 Å². The second-order valence-corrected chi connectivity index (χ2v) is 5.24. The molecule has 0 saturated heterocycles. The Kier molecular flexibility index (Phi) is 3.97. The molecule has 0 aromatic heterocycles. The summed E-state index contributed by atoms with van der Waals surface area (Å²) in [5.41, 5.74) is 6.65. The zero-order valence-electron chi connectivity index (χ0n) is 9.65. The van der Waals surface area contributed by atoms with Gasteiger partial charge in [0, 0.05) is 20.7 Å². The van der Waals surface area contributed by atoms with Gasteiger partial charge in [0.1, 0.15) is 5.75 Å². The van der Waals surface area contributed by atoms with Crippen LogP contribution in [0.25, 0.3) is 0 Å². The van der Waals surface area contributed by atoms with E-state index in [0.29, 0.717) is 22.0 Å². The van der Waals surface area contributed by atoms with Crippen molar-refractivity contribution in [2.45, 2.75) is 0 Å². The number of aromatic hydroxyl groups is 1. The van der Waals surface area contributed by atoms with Gasteiger partial charge in [0.25, 0.3) is 5.91 Å². The maximum absolute atomic E-state index is 12.0. The fourth-order valence-corrected chi connectivity index (χ4v) is 2.15. The monoisotopic (exact) mass is 340 g/mol. The lowest BCUT2D eigenvalue weighted by Gasteiger charge is -2.08. The largest absolute Gasteiger partial charge is 0.506 e. The highest BCUT2D eigenvalue weighted by atomic mass is 79.9. The molecule has 4 N–H and O–H groups in total. The third kappa shape index (κ3) is 3.39. The fourth-order valence-electron chi connectivity index (χ4n) is 1.55. The quantitative estimate of drug-likeness (QED) is 0.576. The Morgan fingerprint density at radius 3 is 2.68 bits per heavy atom. The highest BCUT2D eigenvalue weighted by Crippen LogP contribution is 2.27. The molecule has 0 spiro atoms. The third-order valence-electron chi connectivity index (χ3n) is 2.39. The molecule has 2 rings (SSSR count). The molecule has 0 aliphatic rings. The molecule has 98 valence electrons. The minimum Gasteiger partial charge on any atom is -0.506 e. The number of phenolic OH excluding ortho intramolecular Hbond substituents is 1. The van der Waals surface area contributed by atoms with E-state index in [4.69, 9.17) is 17.3 Å². The fraction of sp³-hybridized carbons (Fsp3) is 0.